The minimum Gasteiger partial charge on any atom is -0.311 e. The molecule has 0 spiro atoms. The van der Waals surface area contributed by atoms with Gasteiger partial charge in [-0.05, 0) is 36.1 Å². The molecule has 0 aliphatic heterocycles. The second-order valence-corrected chi connectivity index (χ2v) is 9.12. The number of nitrogens with zero attached hydrogens (tertiary/aromatic N) is 3. The summed E-state index contributed by atoms with van der Waals surface area (Å²) in [4.78, 5) is 12.4. The van der Waals surface area contributed by atoms with Gasteiger partial charge in [-0.25, -0.2) is 13.1 Å². The monoisotopic (exact) mass is 429 g/mol. The highest BCUT2D eigenvalue weighted by Gasteiger charge is 2.15. The van der Waals surface area contributed by atoms with Gasteiger partial charge in [-0.1, -0.05) is 18.2 Å². The Hall–Kier alpha value is -3.16. The third-order valence-electron chi connectivity index (χ3n) is 3.94. The molecule has 3 rings (SSSR count). The van der Waals surface area contributed by atoms with Crippen molar-refractivity contribution in [3.8, 4) is 6.07 Å². The van der Waals surface area contributed by atoms with E-state index in [-0.39, 0.29) is 16.5 Å². The molecule has 3 aromatic rings. The van der Waals surface area contributed by atoms with Gasteiger partial charge in [-0.15, -0.1) is 11.3 Å². The highest BCUT2D eigenvalue weighted by molar-refractivity contribution is 7.94. The molecular formula is C19H19N5O3S2. The van der Waals surface area contributed by atoms with Crippen LogP contribution in [0.2, 0.25) is 0 Å². The van der Waals surface area contributed by atoms with Crippen molar-refractivity contribution in [3.63, 3.8) is 0 Å². The maximum absolute atomic E-state index is 12.4. The molecule has 2 aromatic heterocycles. The summed E-state index contributed by atoms with van der Waals surface area (Å²) in [5.41, 5.74) is 1.91. The molecule has 0 saturated carbocycles. The minimum absolute atomic E-state index is 0.125. The number of aromatic nitrogens is 2. The largest absolute Gasteiger partial charge is 0.311 e. The van der Waals surface area contributed by atoms with Crippen molar-refractivity contribution < 1.29 is 13.2 Å². The summed E-state index contributed by atoms with van der Waals surface area (Å²) in [6.07, 6.45) is 0.424. The highest BCUT2D eigenvalue weighted by Crippen LogP contribution is 2.20. The van der Waals surface area contributed by atoms with Gasteiger partial charge in [0.25, 0.3) is 10.0 Å². The Balaban J connectivity index is 1.61. The summed E-state index contributed by atoms with van der Waals surface area (Å²) in [7, 11) is -3.60. The van der Waals surface area contributed by atoms with Gasteiger partial charge in [0.1, 0.15) is 10.0 Å². The molecule has 0 unspecified atom stereocenters. The number of benzene rings is 1. The van der Waals surface area contributed by atoms with Crippen molar-refractivity contribution in [1.29, 1.82) is 5.26 Å². The first-order chi connectivity index (χ1) is 13.9. The first-order valence-electron chi connectivity index (χ1n) is 8.74. The standard InChI is InChI=1S/C19H19N5O3S2/c1-14-12-17(24(22-14)10-3-9-20)21-18(25)13-15-5-7-16(8-6-15)23-29(26,27)19-4-2-11-28-19/h2,4-8,11-12,23H,3,10,13H2,1H3,(H,21,25). The van der Waals surface area contributed by atoms with E-state index in [4.69, 9.17) is 5.26 Å². The van der Waals surface area contributed by atoms with E-state index in [0.29, 0.717) is 24.5 Å². The lowest BCUT2D eigenvalue weighted by atomic mass is 10.1. The lowest BCUT2D eigenvalue weighted by molar-refractivity contribution is -0.115. The molecule has 0 bridgehead atoms. The van der Waals surface area contributed by atoms with E-state index in [0.717, 1.165) is 22.6 Å². The predicted molar refractivity (Wildman–Crippen MR) is 111 cm³/mol. The molecular weight excluding hydrogens is 410 g/mol. The molecule has 0 saturated heterocycles. The van der Waals surface area contributed by atoms with Crippen LogP contribution >= 0.6 is 11.3 Å². The predicted octanol–water partition coefficient (Wildman–Crippen LogP) is 3.15. The molecule has 0 aliphatic rings. The number of nitriles is 1. The first kappa shape index (κ1) is 20.6. The summed E-state index contributed by atoms with van der Waals surface area (Å²) in [5, 5.41) is 17.5. The van der Waals surface area contributed by atoms with Crippen LogP contribution in [0, 0.1) is 18.3 Å². The van der Waals surface area contributed by atoms with Gasteiger partial charge in [-0.3, -0.25) is 9.52 Å². The minimum atomic E-state index is -3.60. The maximum Gasteiger partial charge on any atom is 0.271 e. The van der Waals surface area contributed by atoms with Crippen molar-refractivity contribution in [2.45, 2.75) is 30.5 Å². The van der Waals surface area contributed by atoms with Crippen LogP contribution in [0.4, 0.5) is 11.5 Å². The first-order valence-corrected chi connectivity index (χ1v) is 11.1. The SMILES string of the molecule is Cc1cc(NC(=O)Cc2ccc(NS(=O)(=O)c3cccs3)cc2)n(CCC#N)n1. The molecule has 2 N–H and O–H groups in total. The number of hydrogen-bond acceptors (Lipinski definition) is 6. The third kappa shape index (κ3) is 5.43. The highest BCUT2D eigenvalue weighted by atomic mass is 32.2. The van der Waals surface area contributed by atoms with Gasteiger partial charge in [-0.2, -0.15) is 10.4 Å². The third-order valence-corrected chi connectivity index (χ3v) is 6.71. The Labute approximate surface area is 172 Å². The van der Waals surface area contributed by atoms with E-state index in [1.807, 2.05) is 6.92 Å². The van der Waals surface area contributed by atoms with Crippen molar-refractivity contribution >= 4 is 38.8 Å². The van der Waals surface area contributed by atoms with Crippen LogP contribution in [0.25, 0.3) is 0 Å². The summed E-state index contributed by atoms with van der Waals surface area (Å²) < 4.78 is 28.8. The Bertz CT molecular complexity index is 1130. The molecule has 150 valence electrons. The molecule has 0 atom stereocenters. The van der Waals surface area contributed by atoms with Gasteiger partial charge in [0.05, 0.1) is 31.1 Å². The number of amides is 1. The summed E-state index contributed by atoms with van der Waals surface area (Å²) in [5.74, 6) is 0.318. The normalized spacial score (nSPS) is 11.0. The maximum atomic E-state index is 12.4. The van der Waals surface area contributed by atoms with Crippen LogP contribution in [0.5, 0.6) is 0 Å². The van der Waals surface area contributed by atoms with Crippen LogP contribution in [-0.4, -0.2) is 24.1 Å². The number of anilines is 2. The number of carbonyl (C=O) groups excluding carboxylic acids is 1. The molecule has 1 amide bonds. The molecule has 2 heterocycles. The number of aryl methyl sites for hydroxylation is 2. The van der Waals surface area contributed by atoms with Gasteiger partial charge in [0.2, 0.25) is 5.91 Å². The van der Waals surface area contributed by atoms with Gasteiger partial charge in [0, 0.05) is 11.8 Å². The van der Waals surface area contributed by atoms with Crippen molar-refractivity contribution in [2.75, 3.05) is 10.0 Å². The number of nitrogens with one attached hydrogen (secondary N) is 2. The lowest BCUT2D eigenvalue weighted by Gasteiger charge is -2.09. The van der Waals surface area contributed by atoms with Gasteiger partial charge < -0.3 is 5.32 Å². The zero-order valence-electron chi connectivity index (χ0n) is 15.6. The Morgan fingerprint density at radius 3 is 2.69 bits per heavy atom. The fraction of sp³-hybridized carbons (Fsp3) is 0.211. The molecule has 0 fully saturated rings. The van der Waals surface area contributed by atoms with Crippen LogP contribution in [0.15, 0.2) is 52.1 Å². The van der Waals surface area contributed by atoms with E-state index >= 15 is 0 Å². The van der Waals surface area contributed by atoms with Crippen LogP contribution in [-0.2, 0) is 27.8 Å². The Morgan fingerprint density at radius 2 is 2.03 bits per heavy atom. The fourth-order valence-electron chi connectivity index (χ4n) is 2.66. The number of sulfonamides is 1. The van der Waals surface area contributed by atoms with Gasteiger partial charge >= 0.3 is 0 Å². The quantitative estimate of drug-likeness (QED) is 0.570. The number of rotatable bonds is 8. The number of thiophene rings is 1. The number of carbonyl (C=O) groups is 1. The molecule has 10 heteroatoms. The Morgan fingerprint density at radius 1 is 1.28 bits per heavy atom. The summed E-state index contributed by atoms with van der Waals surface area (Å²) in [6, 6.07) is 13.7. The average molecular weight is 430 g/mol. The average Bonchev–Trinajstić information content (AvgIpc) is 3.32. The second kappa shape index (κ2) is 8.89. The van der Waals surface area contributed by atoms with Crippen molar-refractivity contribution in [2.24, 2.45) is 0 Å². The van der Waals surface area contributed by atoms with Crippen molar-refractivity contribution in [1.82, 2.24) is 9.78 Å². The van der Waals surface area contributed by atoms with E-state index in [2.05, 4.69) is 21.2 Å². The lowest BCUT2D eigenvalue weighted by Crippen LogP contribution is -2.17. The topological polar surface area (TPSA) is 117 Å². The molecule has 8 nitrogen and oxygen atoms in total. The van der Waals surface area contributed by atoms with E-state index < -0.39 is 10.0 Å². The molecule has 0 radical (unpaired) electrons. The van der Waals surface area contributed by atoms with Gasteiger partial charge in [0.15, 0.2) is 0 Å². The van der Waals surface area contributed by atoms with Crippen molar-refractivity contribution in [3.05, 3.63) is 59.1 Å². The van der Waals surface area contributed by atoms with E-state index in [1.54, 1.807) is 46.5 Å². The Kier molecular flexibility index (Phi) is 6.31. The smallest absolute Gasteiger partial charge is 0.271 e. The summed E-state index contributed by atoms with van der Waals surface area (Å²) in [6.45, 7) is 2.22. The zero-order valence-corrected chi connectivity index (χ0v) is 17.3. The summed E-state index contributed by atoms with van der Waals surface area (Å²) >= 11 is 1.14. The van der Waals surface area contributed by atoms with E-state index in [1.165, 1.54) is 6.07 Å². The fourth-order valence-corrected chi connectivity index (χ4v) is 4.71. The second-order valence-electron chi connectivity index (χ2n) is 6.26. The molecule has 1 aromatic carbocycles. The number of hydrogen-bond donors (Lipinski definition) is 2. The molecule has 0 aliphatic carbocycles. The van der Waals surface area contributed by atoms with E-state index in [9.17, 15) is 13.2 Å². The van der Waals surface area contributed by atoms with Crippen LogP contribution in [0.1, 0.15) is 17.7 Å². The molecule has 29 heavy (non-hydrogen) atoms. The zero-order chi connectivity index (χ0) is 20.9. The van der Waals surface area contributed by atoms with Crippen LogP contribution < -0.4 is 10.0 Å². The van der Waals surface area contributed by atoms with Crippen LogP contribution in [0.3, 0.4) is 0 Å².